The second-order valence-electron chi connectivity index (χ2n) is 4.06. The molecule has 0 aliphatic carbocycles. The lowest BCUT2D eigenvalue weighted by atomic mass is 10.1. The summed E-state index contributed by atoms with van der Waals surface area (Å²) >= 11 is 1.54. The zero-order valence-electron chi connectivity index (χ0n) is 10.4. The number of rotatable bonds is 4. The molecule has 2 aromatic heterocycles. The summed E-state index contributed by atoms with van der Waals surface area (Å²) in [4.78, 5) is 0. The van der Waals surface area contributed by atoms with E-state index in [0.29, 0.717) is 0 Å². The number of nitrogens with zero attached hydrogens (tertiary/aromatic N) is 2. The minimum absolute atomic E-state index is 0.0578. The molecule has 3 rings (SSSR count). The average Bonchev–Trinajstić information content (AvgIpc) is 3.11. The molecule has 0 radical (unpaired) electrons. The summed E-state index contributed by atoms with van der Waals surface area (Å²) in [5, 5.41) is 13.5. The second kappa shape index (κ2) is 5.34. The normalized spacial score (nSPS) is 12.5. The Morgan fingerprint density at radius 3 is 2.63 bits per heavy atom. The molecule has 1 N–H and O–H groups in total. The van der Waals surface area contributed by atoms with Crippen molar-refractivity contribution in [3.05, 3.63) is 59.3 Å². The minimum atomic E-state index is 0.0578. The van der Waals surface area contributed by atoms with Crippen LogP contribution in [0.15, 0.2) is 53.1 Å². The molecule has 0 aliphatic heterocycles. The van der Waals surface area contributed by atoms with Gasteiger partial charge in [-0.25, -0.2) is 0 Å². The van der Waals surface area contributed by atoms with Gasteiger partial charge in [0, 0.05) is 0 Å². The first-order chi connectivity index (χ1) is 9.38. The fraction of sp³-hybridized carbons (Fsp3) is 0.143. The van der Waals surface area contributed by atoms with Crippen LogP contribution in [0.1, 0.15) is 16.6 Å². The van der Waals surface area contributed by atoms with E-state index in [1.165, 1.54) is 16.9 Å². The zero-order valence-corrected chi connectivity index (χ0v) is 11.2. The van der Waals surface area contributed by atoms with Gasteiger partial charge in [0.15, 0.2) is 10.8 Å². The quantitative estimate of drug-likeness (QED) is 0.792. The van der Waals surface area contributed by atoms with Crippen LogP contribution in [0.5, 0.6) is 0 Å². The summed E-state index contributed by atoms with van der Waals surface area (Å²) in [7, 11) is 1.92. The van der Waals surface area contributed by atoms with E-state index >= 15 is 0 Å². The Kier molecular flexibility index (Phi) is 3.39. The highest BCUT2D eigenvalue weighted by molar-refractivity contribution is 7.14. The van der Waals surface area contributed by atoms with Crippen LogP contribution in [0.4, 0.5) is 0 Å². The first-order valence-corrected chi connectivity index (χ1v) is 6.79. The van der Waals surface area contributed by atoms with Crippen molar-refractivity contribution >= 4 is 11.3 Å². The lowest BCUT2D eigenvalue weighted by Crippen LogP contribution is -2.17. The summed E-state index contributed by atoms with van der Waals surface area (Å²) in [5.74, 6) is 0.756. The first kappa shape index (κ1) is 12.1. The molecule has 96 valence electrons. The molecule has 3 aromatic rings. The van der Waals surface area contributed by atoms with Crippen molar-refractivity contribution in [2.45, 2.75) is 6.04 Å². The van der Waals surface area contributed by atoms with Gasteiger partial charge in [-0.2, -0.15) is 0 Å². The Bertz CT molecular complexity index is 634. The molecule has 1 atom stereocenters. The van der Waals surface area contributed by atoms with E-state index in [2.05, 4.69) is 27.6 Å². The van der Waals surface area contributed by atoms with E-state index in [9.17, 15) is 0 Å². The van der Waals surface area contributed by atoms with Crippen LogP contribution >= 0.6 is 11.3 Å². The largest absolute Gasteiger partial charge is 0.462 e. The minimum Gasteiger partial charge on any atom is -0.462 e. The van der Waals surface area contributed by atoms with Crippen molar-refractivity contribution in [2.24, 2.45) is 0 Å². The summed E-state index contributed by atoms with van der Waals surface area (Å²) in [6.07, 6.45) is 1.64. The Balaban J connectivity index is 1.93. The van der Waals surface area contributed by atoms with Crippen LogP contribution in [0, 0.1) is 0 Å². The number of nitrogens with one attached hydrogen (secondary N) is 1. The third kappa shape index (κ3) is 2.43. The number of furan rings is 1. The molecule has 0 bridgehead atoms. The van der Waals surface area contributed by atoms with Gasteiger partial charge in [0.1, 0.15) is 5.01 Å². The summed E-state index contributed by atoms with van der Waals surface area (Å²) in [6.45, 7) is 0. The van der Waals surface area contributed by atoms with E-state index in [0.717, 1.165) is 15.8 Å². The second-order valence-corrected chi connectivity index (χ2v) is 5.06. The first-order valence-electron chi connectivity index (χ1n) is 5.98. The monoisotopic (exact) mass is 271 g/mol. The fourth-order valence-corrected chi connectivity index (χ4v) is 2.88. The highest BCUT2D eigenvalue weighted by Crippen LogP contribution is 2.29. The maximum atomic E-state index is 5.34. The van der Waals surface area contributed by atoms with Crippen LogP contribution in [0.3, 0.4) is 0 Å². The van der Waals surface area contributed by atoms with Gasteiger partial charge in [-0.3, -0.25) is 0 Å². The maximum Gasteiger partial charge on any atom is 0.183 e. The van der Waals surface area contributed by atoms with E-state index in [4.69, 9.17) is 4.42 Å². The van der Waals surface area contributed by atoms with Gasteiger partial charge < -0.3 is 9.73 Å². The SMILES string of the molecule is CNC(c1ccccc1)c1nnc(-c2ccco2)s1. The molecule has 0 saturated carbocycles. The van der Waals surface area contributed by atoms with E-state index < -0.39 is 0 Å². The van der Waals surface area contributed by atoms with Crippen LogP contribution < -0.4 is 5.32 Å². The highest BCUT2D eigenvalue weighted by Gasteiger charge is 2.18. The summed E-state index contributed by atoms with van der Waals surface area (Å²) in [5.41, 5.74) is 1.17. The van der Waals surface area contributed by atoms with Gasteiger partial charge in [-0.15, -0.1) is 10.2 Å². The van der Waals surface area contributed by atoms with Crippen molar-refractivity contribution in [1.82, 2.24) is 15.5 Å². The maximum absolute atomic E-state index is 5.34. The number of hydrogen-bond acceptors (Lipinski definition) is 5. The standard InChI is InChI=1S/C14H13N3OS/c1-15-12(10-6-3-2-4-7-10)14-17-16-13(19-14)11-8-5-9-18-11/h2-9,12,15H,1H3. The van der Waals surface area contributed by atoms with Crippen molar-refractivity contribution in [3.63, 3.8) is 0 Å². The summed E-state index contributed by atoms with van der Waals surface area (Å²) in [6, 6.07) is 14.0. The molecule has 0 spiro atoms. The van der Waals surface area contributed by atoms with Gasteiger partial charge in [-0.1, -0.05) is 41.7 Å². The van der Waals surface area contributed by atoms with Crippen molar-refractivity contribution in [2.75, 3.05) is 7.05 Å². The summed E-state index contributed by atoms with van der Waals surface area (Å²) < 4.78 is 5.34. The van der Waals surface area contributed by atoms with E-state index in [1.54, 1.807) is 6.26 Å². The third-order valence-electron chi connectivity index (χ3n) is 2.84. The average molecular weight is 271 g/mol. The van der Waals surface area contributed by atoms with Crippen molar-refractivity contribution in [1.29, 1.82) is 0 Å². The molecule has 2 heterocycles. The lowest BCUT2D eigenvalue weighted by molar-refractivity contribution is 0.581. The van der Waals surface area contributed by atoms with E-state index in [-0.39, 0.29) is 6.04 Å². The Labute approximate surface area is 115 Å². The van der Waals surface area contributed by atoms with Gasteiger partial charge in [0.25, 0.3) is 0 Å². The van der Waals surface area contributed by atoms with Gasteiger partial charge in [-0.05, 0) is 24.7 Å². The molecule has 4 nitrogen and oxygen atoms in total. The van der Waals surface area contributed by atoms with Gasteiger partial charge in [0.2, 0.25) is 0 Å². The molecular formula is C14H13N3OS. The Morgan fingerprint density at radius 1 is 1.11 bits per heavy atom. The van der Waals surface area contributed by atoms with Crippen molar-refractivity contribution in [3.8, 4) is 10.8 Å². The van der Waals surface area contributed by atoms with E-state index in [1.807, 2.05) is 37.4 Å². The Morgan fingerprint density at radius 2 is 1.95 bits per heavy atom. The topological polar surface area (TPSA) is 51.0 Å². The zero-order chi connectivity index (χ0) is 13.1. The molecule has 5 heteroatoms. The van der Waals surface area contributed by atoms with Crippen LogP contribution in [0.2, 0.25) is 0 Å². The molecule has 0 fully saturated rings. The molecule has 0 saturated heterocycles. The van der Waals surface area contributed by atoms with Gasteiger partial charge >= 0.3 is 0 Å². The molecule has 1 aromatic carbocycles. The van der Waals surface area contributed by atoms with Crippen LogP contribution in [-0.2, 0) is 0 Å². The van der Waals surface area contributed by atoms with Crippen LogP contribution in [-0.4, -0.2) is 17.2 Å². The van der Waals surface area contributed by atoms with Gasteiger partial charge in [0.05, 0.1) is 12.3 Å². The predicted molar refractivity (Wildman–Crippen MR) is 75.0 cm³/mol. The van der Waals surface area contributed by atoms with Crippen molar-refractivity contribution < 1.29 is 4.42 Å². The third-order valence-corrected chi connectivity index (χ3v) is 3.84. The predicted octanol–water partition coefficient (Wildman–Crippen LogP) is 3.11. The molecule has 0 amide bonds. The number of aromatic nitrogens is 2. The number of hydrogen-bond donors (Lipinski definition) is 1. The molecular weight excluding hydrogens is 258 g/mol. The molecule has 19 heavy (non-hydrogen) atoms. The smallest absolute Gasteiger partial charge is 0.183 e. The van der Waals surface area contributed by atoms with Crippen LogP contribution in [0.25, 0.3) is 10.8 Å². The highest BCUT2D eigenvalue weighted by atomic mass is 32.1. The molecule has 1 unspecified atom stereocenters. The number of benzene rings is 1. The fourth-order valence-electron chi connectivity index (χ4n) is 1.93. The molecule has 0 aliphatic rings. The lowest BCUT2D eigenvalue weighted by Gasteiger charge is -2.12. The Hall–Kier alpha value is -1.98.